The Kier molecular flexibility index (Phi) is 40.9. The van der Waals surface area contributed by atoms with E-state index >= 15 is 0 Å². The zero-order valence-electron chi connectivity index (χ0n) is 76.8. The second-order valence-corrected chi connectivity index (χ2v) is 37.1. The predicted molar refractivity (Wildman–Crippen MR) is 451 cm³/mol. The number of hydrogen-bond acceptors (Lipinski definition) is 22. The van der Waals surface area contributed by atoms with Gasteiger partial charge in [0.05, 0.1) is 19.3 Å². The average molecular weight is 1750 g/mol. The molecule has 0 aromatic carbocycles. The molecule has 0 radical (unpaired) electrons. The molecule has 42 nitrogen and oxygen atoms in total. The number of aliphatic hydroxyl groups excluding tert-OH is 2. The maximum Gasteiger partial charge on any atom is 0.248 e. The van der Waals surface area contributed by atoms with E-state index in [2.05, 4.69) is 90.4 Å². The lowest BCUT2D eigenvalue weighted by Gasteiger charge is -2.36. The quantitative estimate of drug-likeness (QED) is 0.0276. The normalized spacial score (nSPS) is 16.1. The number of primary amides is 2. The van der Waals surface area contributed by atoms with Crippen molar-refractivity contribution in [3.05, 3.63) is 0 Å². The molecule has 698 valence electrons. The van der Waals surface area contributed by atoms with E-state index in [1.54, 1.807) is 27.7 Å². The average Bonchev–Trinajstić information content (AvgIpc) is 1.76. The molecule has 11 unspecified atom stereocenters. The van der Waals surface area contributed by atoms with Crippen molar-refractivity contribution >= 4 is 118 Å². The van der Waals surface area contributed by atoms with Gasteiger partial charge in [-0.1, -0.05) is 54.9 Å². The Morgan fingerprint density at radius 3 is 1.08 bits per heavy atom. The van der Waals surface area contributed by atoms with Gasteiger partial charge in [-0.25, -0.2) is 0 Å². The molecular formula is C81H142N20O22. The minimum absolute atomic E-state index is 0.0301. The summed E-state index contributed by atoms with van der Waals surface area (Å²) in [5.74, 6) is -17.6. The third-order valence-electron chi connectivity index (χ3n) is 20.9. The highest BCUT2D eigenvalue weighted by Gasteiger charge is 2.48. The van der Waals surface area contributed by atoms with Crippen LogP contribution < -0.4 is 102 Å². The summed E-state index contributed by atoms with van der Waals surface area (Å²) in [6.45, 7) is 37.3. The Morgan fingerprint density at radius 2 is 0.699 bits per heavy atom. The SMILES string of the molecule is CCC(C)C(CO)NC(=O)C(CCC(N)=O)NC(=O)C(C)(C)NC(=O)C(C)(C)NC(=O)C(CC(C)C)NC(=O)C1CCCN1C(=O)C(C)(C)NC(=O)C(C)(C)NC(=O)C(C)NC(=O)C(C)(C)NC(=O)C(CC(C)C)NC(=O)C(C)(CC)NC(=O)C(CCC(N)=O)NC(=O)C(C)(C)NC(=O)C(C)(C)NC(=O)C(C)NC(=O)C(CO)NC(=O)C(C)(C)NC(C)=O. The van der Waals surface area contributed by atoms with E-state index in [9.17, 15) is 106 Å². The van der Waals surface area contributed by atoms with Crippen LogP contribution in [0.3, 0.4) is 0 Å². The number of amides is 20. The molecule has 1 aliphatic heterocycles. The maximum atomic E-state index is 14.5. The monoisotopic (exact) mass is 1750 g/mol. The molecule has 0 spiro atoms. The molecule has 1 fully saturated rings. The molecule has 42 heteroatoms. The molecule has 0 bridgehead atoms. The van der Waals surface area contributed by atoms with Gasteiger partial charge in [0, 0.05) is 26.3 Å². The minimum atomic E-state index is -1.89. The van der Waals surface area contributed by atoms with Crippen LogP contribution in [-0.4, -0.2) is 257 Å². The van der Waals surface area contributed by atoms with E-state index in [4.69, 9.17) is 11.5 Å². The third-order valence-corrected chi connectivity index (χ3v) is 20.9. The number of carbonyl (C=O) groups is 20. The van der Waals surface area contributed by atoms with Crippen LogP contribution >= 0.6 is 0 Å². The Balaban J connectivity index is 3.25. The van der Waals surface area contributed by atoms with Gasteiger partial charge in [0.2, 0.25) is 118 Å². The van der Waals surface area contributed by atoms with E-state index in [1.165, 1.54) is 150 Å². The van der Waals surface area contributed by atoms with Crippen LogP contribution in [-0.2, 0) is 95.9 Å². The maximum absolute atomic E-state index is 14.5. The summed E-state index contributed by atoms with van der Waals surface area (Å²) < 4.78 is 0. The van der Waals surface area contributed by atoms with Gasteiger partial charge in [0.15, 0.2) is 0 Å². The number of carbonyl (C=O) groups excluding carboxylic acids is 20. The first-order valence-electron chi connectivity index (χ1n) is 41.4. The lowest BCUT2D eigenvalue weighted by molar-refractivity contribution is -0.146. The van der Waals surface area contributed by atoms with Gasteiger partial charge in [0.25, 0.3) is 0 Å². The van der Waals surface area contributed by atoms with Gasteiger partial charge in [-0.3, -0.25) is 95.9 Å². The number of likely N-dealkylation sites (tertiary alicyclic amines) is 1. The third kappa shape index (κ3) is 34.2. The number of nitrogens with two attached hydrogens (primary N) is 2. The molecule has 1 saturated heterocycles. The van der Waals surface area contributed by atoms with E-state index in [-0.39, 0.29) is 62.8 Å². The van der Waals surface area contributed by atoms with E-state index in [0.717, 1.165) is 0 Å². The summed E-state index contributed by atoms with van der Waals surface area (Å²) in [6.07, 6.45) is -0.399. The molecule has 1 aliphatic rings. The van der Waals surface area contributed by atoms with Gasteiger partial charge in [-0.2, -0.15) is 0 Å². The van der Waals surface area contributed by atoms with Gasteiger partial charge in [-0.05, 0) is 194 Å². The molecule has 11 atom stereocenters. The summed E-state index contributed by atoms with van der Waals surface area (Å²) in [7, 11) is 0. The highest BCUT2D eigenvalue weighted by Crippen LogP contribution is 2.25. The molecule has 0 aromatic rings. The lowest BCUT2D eigenvalue weighted by atomic mass is 9.94. The smallest absolute Gasteiger partial charge is 0.248 e. The second-order valence-electron chi connectivity index (χ2n) is 37.1. The van der Waals surface area contributed by atoms with Crippen molar-refractivity contribution in [2.24, 2.45) is 29.2 Å². The number of nitrogens with zero attached hydrogens (tertiary/aromatic N) is 1. The van der Waals surface area contributed by atoms with Crippen molar-refractivity contribution in [1.82, 2.24) is 95.3 Å². The van der Waals surface area contributed by atoms with Gasteiger partial charge < -0.3 is 117 Å². The summed E-state index contributed by atoms with van der Waals surface area (Å²) in [6, 6.07) is -11.7. The van der Waals surface area contributed by atoms with Crippen molar-refractivity contribution in [3.63, 3.8) is 0 Å². The van der Waals surface area contributed by atoms with Crippen molar-refractivity contribution in [1.29, 1.82) is 0 Å². The van der Waals surface area contributed by atoms with E-state index < -0.39 is 248 Å². The van der Waals surface area contributed by atoms with Crippen molar-refractivity contribution in [3.8, 4) is 0 Å². The highest BCUT2D eigenvalue weighted by molar-refractivity contribution is 6.04. The minimum Gasteiger partial charge on any atom is -0.394 e. The molecule has 1 rings (SSSR count). The van der Waals surface area contributed by atoms with Gasteiger partial charge >= 0.3 is 0 Å². The Morgan fingerprint density at radius 1 is 0.366 bits per heavy atom. The summed E-state index contributed by atoms with van der Waals surface area (Å²) in [5, 5.41) is 63.1. The summed E-state index contributed by atoms with van der Waals surface area (Å²) >= 11 is 0. The molecule has 0 saturated carbocycles. The Hall–Kier alpha value is -10.7. The number of rotatable bonds is 49. The Labute approximate surface area is 721 Å². The fourth-order valence-electron chi connectivity index (χ4n) is 12.2. The number of aliphatic hydroxyl groups is 2. The van der Waals surface area contributed by atoms with Crippen LogP contribution in [0.1, 0.15) is 251 Å². The topological polar surface area (TPSA) is 642 Å². The van der Waals surface area contributed by atoms with Crippen molar-refractivity contribution < 1.29 is 106 Å². The first-order chi connectivity index (χ1) is 56.0. The van der Waals surface area contributed by atoms with E-state index in [1.807, 2.05) is 13.8 Å². The molecule has 0 aromatic heterocycles. The first-order valence-corrected chi connectivity index (χ1v) is 41.4. The summed E-state index contributed by atoms with van der Waals surface area (Å²) in [4.78, 5) is 273. The zero-order chi connectivity index (χ0) is 95.8. The van der Waals surface area contributed by atoms with Crippen LogP contribution in [0.15, 0.2) is 0 Å². The standard InChI is InChI=1S/C81H142N20O22/c1-28-43(7)51(39-102)87-58(109)47(32-34-54(82)105)88-66(117)75(15,16)99-69(120)79(23,24)96-61(112)49(37-41(3)4)86-63(114)53-31-30-36-101(53)72(123)80(25,26)100-70(121)78(21,22)94-57(108)45(9)85-64(115)74(13,14)95-62(113)50(38-42(5)6)90-71(122)81(27,29-2)97-60(111)48(33-35-55(83)106)89-67(118)76(17,18)98-68(119)77(19,20)93-56(107)44(8)84-59(110)52(40-103)91-65(116)73(11,12)92-46(10)104/h41-45,47-53,102-103H,28-40H2,1-27H3,(H2,82,105)(H2,83,106)(H,84,110)(H,85,115)(H,86,114)(H,87,109)(H,88,117)(H,89,118)(H,90,122)(H,91,116)(H,92,104)(H,93,107)(H,94,108)(H,95,113)(H,96,112)(H,97,111)(H,98,119)(H,99,120)(H,100,121). The number of hydrogen-bond donors (Lipinski definition) is 21. The largest absolute Gasteiger partial charge is 0.394 e. The fraction of sp³-hybridized carbons (Fsp3) is 0.753. The molecule has 1 heterocycles. The van der Waals surface area contributed by atoms with Crippen LogP contribution in [0, 0.1) is 17.8 Å². The van der Waals surface area contributed by atoms with Crippen LogP contribution in [0.2, 0.25) is 0 Å². The first kappa shape index (κ1) is 110. The Bertz CT molecular complexity index is 3890. The molecule has 23 N–H and O–H groups in total. The molecule has 123 heavy (non-hydrogen) atoms. The summed E-state index contributed by atoms with van der Waals surface area (Å²) in [5.41, 5.74) is -5.13. The van der Waals surface area contributed by atoms with E-state index in [0.29, 0.717) is 12.8 Å². The zero-order valence-corrected chi connectivity index (χ0v) is 76.8. The fourth-order valence-corrected chi connectivity index (χ4v) is 12.2. The lowest BCUT2D eigenvalue weighted by Crippen LogP contribution is -2.67. The molecule has 20 amide bonds. The van der Waals surface area contributed by atoms with Crippen LogP contribution in [0.5, 0.6) is 0 Å². The predicted octanol–water partition coefficient (Wildman–Crippen LogP) is -3.99. The van der Waals surface area contributed by atoms with Gasteiger partial charge in [-0.15, -0.1) is 0 Å². The molecule has 0 aliphatic carbocycles. The van der Waals surface area contributed by atoms with Gasteiger partial charge in [0.1, 0.15) is 98.2 Å². The molecular weight excluding hydrogens is 1610 g/mol. The second kappa shape index (κ2) is 45.6. The van der Waals surface area contributed by atoms with Crippen molar-refractivity contribution in [2.75, 3.05) is 19.8 Å². The number of nitrogens with one attached hydrogen (secondary N) is 17. The van der Waals surface area contributed by atoms with Crippen LogP contribution in [0.25, 0.3) is 0 Å². The van der Waals surface area contributed by atoms with Crippen LogP contribution in [0.4, 0.5) is 0 Å². The van der Waals surface area contributed by atoms with Crippen molar-refractivity contribution in [2.45, 2.75) is 355 Å². The highest BCUT2D eigenvalue weighted by atomic mass is 16.3.